The maximum Gasteiger partial charge on any atom is 0.262 e. The second-order valence-corrected chi connectivity index (χ2v) is 9.67. The molecule has 4 rings (SSSR count). The summed E-state index contributed by atoms with van der Waals surface area (Å²) in [6.07, 6.45) is 4.91. The third-order valence-corrected chi connectivity index (χ3v) is 7.40. The molecule has 0 bridgehead atoms. The van der Waals surface area contributed by atoms with E-state index in [1.807, 2.05) is 11.0 Å². The first-order valence-electron chi connectivity index (χ1n) is 9.58. The number of benzene rings is 2. The number of hydrogen-bond acceptors (Lipinski definition) is 3. The molecule has 2 aromatic carbocycles. The molecule has 0 aromatic heterocycles. The molecule has 1 aliphatic carbocycles. The van der Waals surface area contributed by atoms with Crippen LogP contribution in [0.25, 0.3) is 0 Å². The Bertz CT molecular complexity index is 1030. The molecule has 1 heterocycles. The quantitative estimate of drug-likeness (QED) is 0.793. The number of anilines is 2. The average Bonchev–Trinajstić information content (AvgIpc) is 3.32. The van der Waals surface area contributed by atoms with E-state index in [1.165, 1.54) is 6.07 Å². The lowest BCUT2D eigenvalue weighted by molar-refractivity contribution is -0.122. The lowest BCUT2D eigenvalue weighted by Gasteiger charge is -2.22. The van der Waals surface area contributed by atoms with E-state index in [4.69, 9.17) is 11.6 Å². The first kappa shape index (κ1) is 19.3. The summed E-state index contributed by atoms with van der Waals surface area (Å²) in [6.45, 7) is 2.39. The van der Waals surface area contributed by atoms with Crippen molar-refractivity contribution in [3.05, 3.63) is 52.5 Å². The minimum atomic E-state index is -3.78. The summed E-state index contributed by atoms with van der Waals surface area (Å²) in [7, 11) is -3.78. The first-order valence-corrected chi connectivity index (χ1v) is 11.4. The number of hydrogen-bond donors (Lipinski definition) is 1. The second kappa shape index (κ2) is 7.41. The Kier molecular flexibility index (Phi) is 5.10. The molecule has 2 aromatic rings. The highest BCUT2D eigenvalue weighted by molar-refractivity contribution is 7.92. The highest BCUT2D eigenvalue weighted by Crippen LogP contribution is 2.35. The van der Waals surface area contributed by atoms with Crippen LogP contribution in [0.4, 0.5) is 11.4 Å². The van der Waals surface area contributed by atoms with Crippen LogP contribution in [0, 0.1) is 12.8 Å². The predicted octanol–water partition coefficient (Wildman–Crippen LogP) is 4.53. The molecule has 28 heavy (non-hydrogen) atoms. The van der Waals surface area contributed by atoms with Crippen LogP contribution in [0.2, 0.25) is 5.02 Å². The van der Waals surface area contributed by atoms with Crippen LogP contribution in [-0.4, -0.2) is 20.9 Å². The molecule has 2 aliphatic rings. The molecule has 0 unspecified atom stereocenters. The fraction of sp³-hybridized carbons (Fsp3) is 0.381. The number of nitrogens with one attached hydrogen (secondary N) is 1. The van der Waals surface area contributed by atoms with Crippen LogP contribution in [0.3, 0.4) is 0 Å². The van der Waals surface area contributed by atoms with E-state index in [9.17, 15) is 13.2 Å². The largest absolute Gasteiger partial charge is 0.312 e. The molecule has 0 atom stereocenters. The molecule has 0 radical (unpaired) electrons. The summed E-state index contributed by atoms with van der Waals surface area (Å²) in [5.74, 6) is 0.266. The van der Waals surface area contributed by atoms with Crippen LogP contribution in [0.1, 0.15) is 36.8 Å². The monoisotopic (exact) mass is 418 g/mol. The van der Waals surface area contributed by atoms with Crippen molar-refractivity contribution in [2.24, 2.45) is 5.92 Å². The third kappa shape index (κ3) is 3.63. The van der Waals surface area contributed by atoms with Crippen LogP contribution in [0.15, 0.2) is 41.3 Å². The second-order valence-electron chi connectivity index (χ2n) is 7.58. The third-order valence-electron chi connectivity index (χ3n) is 5.64. The molecule has 1 saturated carbocycles. The molecule has 0 spiro atoms. The van der Waals surface area contributed by atoms with Gasteiger partial charge in [-0.05, 0) is 61.6 Å². The number of sulfonamides is 1. The Morgan fingerprint density at radius 2 is 1.89 bits per heavy atom. The van der Waals surface area contributed by atoms with Crippen molar-refractivity contribution in [1.82, 2.24) is 0 Å². The molecular formula is C21H23ClN2O3S. The van der Waals surface area contributed by atoms with Gasteiger partial charge in [0.1, 0.15) is 0 Å². The fourth-order valence-corrected chi connectivity index (χ4v) is 5.70. The highest BCUT2D eigenvalue weighted by atomic mass is 35.5. The van der Waals surface area contributed by atoms with Gasteiger partial charge in [0.05, 0.1) is 10.6 Å². The Hall–Kier alpha value is -2.05. The zero-order valence-corrected chi connectivity index (χ0v) is 17.3. The summed E-state index contributed by atoms with van der Waals surface area (Å²) >= 11 is 5.98. The molecule has 0 saturated heterocycles. The van der Waals surface area contributed by atoms with Gasteiger partial charge in [-0.25, -0.2) is 8.42 Å². The highest BCUT2D eigenvalue weighted by Gasteiger charge is 2.32. The molecule has 148 valence electrons. The smallest absolute Gasteiger partial charge is 0.262 e. The van der Waals surface area contributed by atoms with Gasteiger partial charge in [-0.15, -0.1) is 0 Å². The average molecular weight is 419 g/mol. The van der Waals surface area contributed by atoms with E-state index in [0.717, 1.165) is 43.4 Å². The van der Waals surface area contributed by atoms with Gasteiger partial charge >= 0.3 is 0 Å². The Labute approximate surface area is 170 Å². The predicted molar refractivity (Wildman–Crippen MR) is 111 cm³/mol. The van der Waals surface area contributed by atoms with Crippen molar-refractivity contribution in [2.75, 3.05) is 16.2 Å². The van der Waals surface area contributed by atoms with E-state index >= 15 is 0 Å². The summed E-state index contributed by atoms with van der Waals surface area (Å²) in [5.41, 5.74) is 2.97. The molecule has 1 fully saturated rings. The number of fused-ring (bicyclic) bond motifs is 1. The number of carbonyl (C=O) groups is 1. The van der Waals surface area contributed by atoms with E-state index in [-0.39, 0.29) is 16.7 Å². The normalized spacial score (nSPS) is 17.0. The van der Waals surface area contributed by atoms with Crippen molar-refractivity contribution in [1.29, 1.82) is 0 Å². The number of aryl methyl sites for hydroxylation is 1. The SMILES string of the molecule is Cc1ccc(Cl)cc1S(=O)(=O)Nc1ccc2c(c1)N(C(=O)C1CCCC1)CC2. The zero-order valence-electron chi connectivity index (χ0n) is 15.7. The van der Waals surface area contributed by atoms with Gasteiger partial charge in [0.2, 0.25) is 5.91 Å². The Morgan fingerprint density at radius 1 is 1.14 bits per heavy atom. The molecule has 1 aliphatic heterocycles. The van der Waals surface area contributed by atoms with Gasteiger partial charge in [-0.1, -0.05) is 36.6 Å². The lowest BCUT2D eigenvalue weighted by atomic mass is 10.1. The van der Waals surface area contributed by atoms with Crippen LogP contribution in [0.5, 0.6) is 0 Å². The maximum absolute atomic E-state index is 12.9. The van der Waals surface area contributed by atoms with E-state index in [1.54, 1.807) is 31.2 Å². The maximum atomic E-state index is 12.9. The molecule has 5 nitrogen and oxygen atoms in total. The fourth-order valence-electron chi connectivity index (χ4n) is 4.14. The van der Waals surface area contributed by atoms with Gasteiger partial charge in [-0.3, -0.25) is 9.52 Å². The Morgan fingerprint density at radius 3 is 2.64 bits per heavy atom. The van der Waals surface area contributed by atoms with E-state index < -0.39 is 10.0 Å². The van der Waals surface area contributed by atoms with Crippen LogP contribution < -0.4 is 9.62 Å². The summed E-state index contributed by atoms with van der Waals surface area (Å²) in [5, 5.41) is 0.369. The number of halogens is 1. The van der Waals surface area contributed by atoms with Crippen LogP contribution in [-0.2, 0) is 21.2 Å². The number of amides is 1. The molecule has 1 amide bonds. The van der Waals surface area contributed by atoms with Gasteiger partial charge < -0.3 is 4.90 Å². The number of rotatable bonds is 4. The number of nitrogens with zero attached hydrogens (tertiary/aromatic N) is 1. The standard InChI is InChI=1S/C21H23ClN2O3S/c1-14-6-8-17(22)12-20(14)28(26,27)23-18-9-7-15-10-11-24(19(15)13-18)21(25)16-4-2-3-5-16/h6-9,12-13,16,23H,2-5,10-11H2,1H3. The topological polar surface area (TPSA) is 66.5 Å². The summed E-state index contributed by atoms with van der Waals surface area (Å²) in [4.78, 5) is 14.9. The molecule has 1 N–H and O–H groups in total. The van der Waals surface area contributed by atoms with Crippen LogP contribution >= 0.6 is 11.6 Å². The van der Waals surface area contributed by atoms with Crippen molar-refractivity contribution in [3.63, 3.8) is 0 Å². The minimum absolute atomic E-state index is 0.0976. The first-order chi connectivity index (χ1) is 13.3. The summed E-state index contributed by atoms with van der Waals surface area (Å²) in [6, 6.07) is 10.2. The van der Waals surface area contributed by atoms with E-state index in [2.05, 4.69) is 4.72 Å². The van der Waals surface area contributed by atoms with E-state index in [0.29, 0.717) is 22.8 Å². The zero-order chi connectivity index (χ0) is 19.9. The van der Waals surface area contributed by atoms with Gasteiger partial charge in [0.15, 0.2) is 0 Å². The minimum Gasteiger partial charge on any atom is -0.312 e. The summed E-state index contributed by atoms with van der Waals surface area (Å²) < 4.78 is 28.3. The molecular weight excluding hydrogens is 396 g/mol. The number of carbonyl (C=O) groups excluding carboxylic acids is 1. The lowest BCUT2D eigenvalue weighted by Crippen LogP contribution is -2.33. The van der Waals surface area contributed by atoms with Crippen molar-refractivity contribution in [2.45, 2.75) is 43.9 Å². The van der Waals surface area contributed by atoms with Crippen molar-refractivity contribution >= 4 is 38.9 Å². The van der Waals surface area contributed by atoms with Gasteiger partial charge in [-0.2, -0.15) is 0 Å². The molecule has 7 heteroatoms. The van der Waals surface area contributed by atoms with Crippen molar-refractivity contribution < 1.29 is 13.2 Å². The Balaban J connectivity index is 1.61. The van der Waals surface area contributed by atoms with Gasteiger partial charge in [0, 0.05) is 23.2 Å². The van der Waals surface area contributed by atoms with Gasteiger partial charge in [0.25, 0.3) is 10.0 Å². The van der Waals surface area contributed by atoms with Crippen molar-refractivity contribution in [3.8, 4) is 0 Å².